The van der Waals surface area contributed by atoms with Gasteiger partial charge < -0.3 is 26.5 Å². The minimum atomic E-state index is -0.429. The van der Waals surface area contributed by atoms with Crippen molar-refractivity contribution < 1.29 is 9.53 Å². The molecule has 3 aromatic rings. The molecule has 0 bridgehead atoms. The lowest BCUT2D eigenvalue weighted by Crippen LogP contribution is -2.25. The minimum absolute atomic E-state index is 0.0326. The third kappa shape index (κ3) is 3.81. The van der Waals surface area contributed by atoms with Crippen LogP contribution in [0.4, 0.5) is 0 Å². The van der Waals surface area contributed by atoms with Gasteiger partial charge in [-0.1, -0.05) is 6.07 Å². The van der Waals surface area contributed by atoms with Crippen molar-refractivity contribution in [3.63, 3.8) is 0 Å². The average molecular weight is 352 g/mol. The first-order valence-corrected chi connectivity index (χ1v) is 8.02. The highest BCUT2D eigenvalue weighted by Crippen LogP contribution is 2.30. The maximum absolute atomic E-state index is 11.8. The van der Waals surface area contributed by atoms with Crippen molar-refractivity contribution in [2.24, 2.45) is 22.2 Å². The van der Waals surface area contributed by atoms with E-state index in [1.54, 1.807) is 10.8 Å². The number of nitrogens with two attached hydrogens (primary N) is 3. The standard InChI is InChI=1S/C18H20N6O2/c1-11-7-12(9-19)8-17(22-11)26-15-4-2-3-14-13(15)5-6-24(14)10-16(25)23-18(20)21/h2-8H,9-10,19H2,1H3,(H4,20,21,23,25). The maximum Gasteiger partial charge on any atom is 0.268 e. The number of carbonyl (C=O) groups is 1. The number of hydrogen-bond acceptors (Lipinski definition) is 4. The highest BCUT2D eigenvalue weighted by molar-refractivity contribution is 5.93. The largest absolute Gasteiger partial charge is 0.438 e. The van der Waals surface area contributed by atoms with Crippen LogP contribution in [0, 0.1) is 6.92 Å². The summed E-state index contributed by atoms with van der Waals surface area (Å²) in [5, 5.41) is 0.850. The molecule has 134 valence electrons. The van der Waals surface area contributed by atoms with Gasteiger partial charge in [-0.15, -0.1) is 0 Å². The lowest BCUT2D eigenvalue weighted by molar-refractivity contribution is -0.118. The molecule has 0 saturated carbocycles. The molecule has 0 spiro atoms. The molecule has 0 unspecified atom stereocenters. The number of benzene rings is 1. The molecule has 0 atom stereocenters. The Morgan fingerprint density at radius 3 is 2.81 bits per heavy atom. The van der Waals surface area contributed by atoms with Crippen molar-refractivity contribution in [2.75, 3.05) is 0 Å². The van der Waals surface area contributed by atoms with Crippen LogP contribution in [0.15, 0.2) is 47.6 Å². The zero-order valence-electron chi connectivity index (χ0n) is 14.3. The summed E-state index contributed by atoms with van der Waals surface area (Å²) in [5.74, 6) is 0.428. The molecule has 0 fully saturated rings. The van der Waals surface area contributed by atoms with Crippen molar-refractivity contribution in [3.05, 3.63) is 53.9 Å². The van der Waals surface area contributed by atoms with Gasteiger partial charge in [0.2, 0.25) is 5.88 Å². The van der Waals surface area contributed by atoms with Gasteiger partial charge in [-0.25, -0.2) is 4.98 Å². The number of aryl methyl sites for hydroxylation is 1. The lowest BCUT2D eigenvalue weighted by Gasteiger charge is -2.09. The van der Waals surface area contributed by atoms with E-state index in [4.69, 9.17) is 21.9 Å². The van der Waals surface area contributed by atoms with Gasteiger partial charge in [0.25, 0.3) is 5.91 Å². The summed E-state index contributed by atoms with van der Waals surface area (Å²) in [7, 11) is 0. The first-order chi connectivity index (χ1) is 12.5. The summed E-state index contributed by atoms with van der Waals surface area (Å²) in [6, 6.07) is 11.2. The molecule has 6 N–H and O–H groups in total. The second-order valence-corrected chi connectivity index (χ2v) is 5.82. The van der Waals surface area contributed by atoms with E-state index in [-0.39, 0.29) is 12.5 Å². The number of aromatic nitrogens is 2. The Balaban J connectivity index is 1.92. The van der Waals surface area contributed by atoms with Crippen LogP contribution in [0.1, 0.15) is 11.3 Å². The predicted molar refractivity (Wildman–Crippen MR) is 99.7 cm³/mol. The highest BCUT2D eigenvalue weighted by atomic mass is 16.5. The number of fused-ring (bicyclic) bond motifs is 1. The summed E-state index contributed by atoms with van der Waals surface area (Å²) in [4.78, 5) is 19.8. The molecule has 1 aromatic carbocycles. The van der Waals surface area contributed by atoms with Gasteiger partial charge in [-0.2, -0.15) is 4.99 Å². The van der Waals surface area contributed by atoms with E-state index in [1.165, 1.54) is 0 Å². The summed E-state index contributed by atoms with van der Waals surface area (Å²) < 4.78 is 7.72. The number of rotatable bonds is 5. The Bertz CT molecular complexity index is 989. The molecule has 0 aliphatic carbocycles. The smallest absolute Gasteiger partial charge is 0.268 e. The average Bonchev–Trinajstić information content (AvgIpc) is 2.97. The molecule has 2 aromatic heterocycles. The molecule has 26 heavy (non-hydrogen) atoms. The Labute approximate surface area is 150 Å². The summed E-state index contributed by atoms with van der Waals surface area (Å²) in [6.45, 7) is 2.33. The van der Waals surface area contributed by atoms with E-state index in [1.807, 2.05) is 43.3 Å². The maximum atomic E-state index is 11.8. The van der Waals surface area contributed by atoms with Crippen LogP contribution in [0.5, 0.6) is 11.6 Å². The van der Waals surface area contributed by atoms with E-state index < -0.39 is 5.91 Å². The number of guanidine groups is 1. The zero-order chi connectivity index (χ0) is 18.7. The third-order valence-corrected chi connectivity index (χ3v) is 3.77. The van der Waals surface area contributed by atoms with Crippen LogP contribution >= 0.6 is 0 Å². The van der Waals surface area contributed by atoms with Crippen molar-refractivity contribution in [2.45, 2.75) is 20.0 Å². The number of nitrogens with zero attached hydrogens (tertiary/aromatic N) is 3. The molecule has 1 amide bonds. The normalized spacial score (nSPS) is 10.7. The fourth-order valence-electron chi connectivity index (χ4n) is 2.74. The molecule has 0 aliphatic heterocycles. The summed E-state index contributed by atoms with van der Waals surface area (Å²) >= 11 is 0. The first kappa shape index (κ1) is 17.4. The summed E-state index contributed by atoms with van der Waals surface area (Å²) in [5.41, 5.74) is 18.8. The van der Waals surface area contributed by atoms with Crippen LogP contribution in [0.2, 0.25) is 0 Å². The third-order valence-electron chi connectivity index (χ3n) is 3.77. The Morgan fingerprint density at radius 1 is 1.27 bits per heavy atom. The van der Waals surface area contributed by atoms with Crippen LogP contribution in [0.3, 0.4) is 0 Å². The highest BCUT2D eigenvalue weighted by Gasteiger charge is 2.11. The van der Waals surface area contributed by atoms with Gasteiger partial charge in [-0.05, 0) is 36.8 Å². The molecular formula is C18H20N6O2. The lowest BCUT2D eigenvalue weighted by atomic mass is 10.2. The SMILES string of the molecule is Cc1cc(CN)cc(Oc2cccc3c2ccn3CC(=O)N=C(N)N)n1. The molecule has 0 saturated heterocycles. The number of aliphatic imine (C=N–C) groups is 1. The van der Waals surface area contributed by atoms with Crippen molar-refractivity contribution in [1.82, 2.24) is 9.55 Å². The van der Waals surface area contributed by atoms with Gasteiger partial charge in [0.1, 0.15) is 12.3 Å². The van der Waals surface area contributed by atoms with Gasteiger partial charge in [0.05, 0.1) is 5.52 Å². The van der Waals surface area contributed by atoms with Gasteiger partial charge in [-0.3, -0.25) is 4.79 Å². The number of hydrogen-bond donors (Lipinski definition) is 3. The minimum Gasteiger partial charge on any atom is -0.438 e. The number of ether oxygens (including phenoxy) is 1. The molecule has 0 radical (unpaired) electrons. The predicted octanol–water partition coefficient (Wildman–Crippen LogP) is 1.40. The molecule has 8 nitrogen and oxygen atoms in total. The van der Waals surface area contributed by atoms with E-state index in [2.05, 4.69) is 9.98 Å². The fraction of sp³-hybridized carbons (Fsp3) is 0.167. The number of carbonyl (C=O) groups excluding carboxylic acids is 1. The number of amides is 1. The van der Waals surface area contributed by atoms with Gasteiger partial charge in [0, 0.05) is 29.9 Å². The van der Waals surface area contributed by atoms with Crippen LogP contribution < -0.4 is 21.9 Å². The molecular weight excluding hydrogens is 332 g/mol. The van der Waals surface area contributed by atoms with E-state index in [9.17, 15) is 4.79 Å². The van der Waals surface area contributed by atoms with E-state index in [0.717, 1.165) is 22.2 Å². The Hall–Kier alpha value is -3.39. The molecule has 3 rings (SSSR count). The second kappa shape index (κ2) is 7.24. The van der Waals surface area contributed by atoms with E-state index in [0.29, 0.717) is 18.2 Å². The quantitative estimate of drug-likeness (QED) is 0.469. The Morgan fingerprint density at radius 2 is 2.08 bits per heavy atom. The van der Waals surface area contributed by atoms with Crippen molar-refractivity contribution in [3.8, 4) is 11.6 Å². The van der Waals surface area contributed by atoms with Crippen LogP contribution in [-0.2, 0) is 17.9 Å². The summed E-state index contributed by atoms with van der Waals surface area (Å²) in [6.07, 6.45) is 1.78. The van der Waals surface area contributed by atoms with Crippen molar-refractivity contribution >= 4 is 22.8 Å². The van der Waals surface area contributed by atoms with Crippen molar-refractivity contribution in [1.29, 1.82) is 0 Å². The van der Waals surface area contributed by atoms with E-state index >= 15 is 0 Å². The topological polar surface area (TPSA) is 135 Å². The van der Waals surface area contributed by atoms with Gasteiger partial charge in [0.15, 0.2) is 5.96 Å². The van der Waals surface area contributed by atoms with Gasteiger partial charge >= 0.3 is 0 Å². The van der Waals surface area contributed by atoms with Crippen LogP contribution in [0.25, 0.3) is 10.9 Å². The second-order valence-electron chi connectivity index (χ2n) is 5.82. The fourth-order valence-corrected chi connectivity index (χ4v) is 2.74. The molecule has 8 heteroatoms. The zero-order valence-corrected chi connectivity index (χ0v) is 14.3. The Kier molecular flexibility index (Phi) is 4.85. The first-order valence-electron chi connectivity index (χ1n) is 8.02. The van der Waals surface area contributed by atoms with Crippen LogP contribution in [-0.4, -0.2) is 21.4 Å². The molecule has 2 heterocycles. The number of pyridine rings is 1. The monoisotopic (exact) mass is 352 g/mol. The molecule has 0 aliphatic rings.